The van der Waals surface area contributed by atoms with Gasteiger partial charge in [-0.25, -0.2) is 4.98 Å². The normalized spacial score (nSPS) is 12.8. The average molecular weight is 245 g/mol. The average Bonchev–Trinajstić information content (AvgIpc) is 2.73. The highest BCUT2D eigenvalue weighted by atomic mass is 14.9. The summed E-state index contributed by atoms with van der Waals surface area (Å²) in [6, 6.07) is 6.93. The molecule has 0 spiro atoms. The Balaban J connectivity index is 2.10. The van der Waals surface area contributed by atoms with Gasteiger partial charge in [0.2, 0.25) is 0 Å². The zero-order valence-corrected chi connectivity index (χ0v) is 11.6. The van der Waals surface area contributed by atoms with Crippen LogP contribution >= 0.6 is 0 Å². The number of aryl methyl sites for hydroxylation is 1. The van der Waals surface area contributed by atoms with Crippen LogP contribution < -0.4 is 5.32 Å². The zero-order valence-electron chi connectivity index (χ0n) is 11.6. The molecule has 0 radical (unpaired) electrons. The number of fused-ring (bicyclic) bond motifs is 1. The van der Waals surface area contributed by atoms with E-state index in [-0.39, 0.29) is 0 Å². The summed E-state index contributed by atoms with van der Waals surface area (Å²) in [5.41, 5.74) is 3.34. The number of aromatic nitrogens is 2. The van der Waals surface area contributed by atoms with Gasteiger partial charge in [0.05, 0.1) is 11.0 Å². The molecular formula is C15H23N3. The second kappa shape index (κ2) is 5.89. The van der Waals surface area contributed by atoms with Gasteiger partial charge in [0.15, 0.2) is 0 Å². The van der Waals surface area contributed by atoms with Crippen molar-refractivity contribution < 1.29 is 0 Å². The Morgan fingerprint density at radius 1 is 1.33 bits per heavy atom. The summed E-state index contributed by atoms with van der Waals surface area (Å²) in [6.07, 6.45) is 4.96. The first-order valence-electron chi connectivity index (χ1n) is 6.95. The zero-order chi connectivity index (χ0) is 13.0. The number of rotatable bonds is 6. The maximum atomic E-state index is 4.42. The highest BCUT2D eigenvalue weighted by Gasteiger charge is 2.06. The number of aromatic amines is 1. The van der Waals surface area contributed by atoms with Crippen molar-refractivity contribution in [3.05, 3.63) is 24.0 Å². The van der Waals surface area contributed by atoms with E-state index >= 15 is 0 Å². The standard InChI is InChI=1S/C15H23N3/c1-4-6-7-12(5-2)18-13-8-9-14-15(10-13)17-11(3)16-14/h8-10,12,18H,4-7H2,1-3H3,(H,16,17). The van der Waals surface area contributed by atoms with E-state index in [1.54, 1.807) is 0 Å². The lowest BCUT2D eigenvalue weighted by molar-refractivity contribution is 0.593. The van der Waals surface area contributed by atoms with Crippen LogP contribution in [-0.4, -0.2) is 16.0 Å². The minimum atomic E-state index is 0.575. The fourth-order valence-electron chi connectivity index (χ4n) is 2.29. The summed E-state index contributed by atoms with van der Waals surface area (Å²) < 4.78 is 0. The molecule has 2 aromatic rings. The third kappa shape index (κ3) is 3.03. The van der Waals surface area contributed by atoms with Gasteiger partial charge >= 0.3 is 0 Å². The number of benzene rings is 1. The smallest absolute Gasteiger partial charge is 0.104 e. The van der Waals surface area contributed by atoms with Gasteiger partial charge in [-0.15, -0.1) is 0 Å². The molecule has 1 aromatic heterocycles. The van der Waals surface area contributed by atoms with Crippen LogP contribution in [0.2, 0.25) is 0 Å². The highest BCUT2D eigenvalue weighted by molar-refractivity contribution is 5.79. The molecule has 0 aliphatic carbocycles. The van der Waals surface area contributed by atoms with Crippen LogP contribution in [0.3, 0.4) is 0 Å². The Kier molecular flexibility index (Phi) is 4.24. The lowest BCUT2D eigenvalue weighted by Gasteiger charge is -2.17. The molecule has 0 aliphatic rings. The Hall–Kier alpha value is -1.51. The lowest BCUT2D eigenvalue weighted by atomic mass is 10.1. The van der Waals surface area contributed by atoms with Crippen LogP contribution in [0.4, 0.5) is 5.69 Å². The van der Waals surface area contributed by atoms with Gasteiger partial charge in [-0.3, -0.25) is 0 Å². The number of anilines is 1. The number of unbranched alkanes of at least 4 members (excludes halogenated alkanes) is 1. The maximum Gasteiger partial charge on any atom is 0.104 e. The van der Waals surface area contributed by atoms with Crippen molar-refractivity contribution in [3.63, 3.8) is 0 Å². The summed E-state index contributed by atoms with van der Waals surface area (Å²) in [6.45, 7) is 6.47. The second-order valence-corrected chi connectivity index (χ2v) is 4.95. The fraction of sp³-hybridized carbons (Fsp3) is 0.533. The molecule has 1 unspecified atom stereocenters. The van der Waals surface area contributed by atoms with Gasteiger partial charge in [0, 0.05) is 11.7 Å². The first-order valence-corrected chi connectivity index (χ1v) is 6.95. The maximum absolute atomic E-state index is 4.42. The summed E-state index contributed by atoms with van der Waals surface area (Å²) in [5.74, 6) is 0.972. The Labute approximate surface area is 109 Å². The summed E-state index contributed by atoms with van der Waals surface area (Å²) >= 11 is 0. The molecule has 0 amide bonds. The molecule has 98 valence electrons. The lowest BCUT2D eigenvalue weighted by Crippen LogP contribution is -2.18. The molecule has 1 atom stereocenters. The fourth-order valence-corrected chi connectivity index (χ4v) is 2.29. The monoisotopic (exact) mass is 245 g/mol. The van der Waals surface area contributed by atoms with Crippen molar-refractivity contribution in [1.82, 2.24) is 9.97 Å². The van der Waals surface area contributed by atoms with E-state index in [1.165, 1.54) is 31.4 Å². The van der Waals surface area contributed by atoms with Crippen molar-refractivity contribution in [3.8, 4) is 0 Å². The molecule has 2 N–H and O–H groups in total. The van der Waals surface area contributed by atoms with Crippen molar-refractivity contribution in [2.45, 2.75) is 52.5 Å². The van der Waals surface area contributed by atoms with E-state index in [9.17, 15) is 0 Å². The Morgan fingerprint density at radius 2 is 2.17 bits per heavy atom. The van der Waals surface area contributed by atoms with Gasteiger partial charge < -0.3 is 10.3 Å². The predicted molar refractivity (Wildman–Crippen MR) is 78.1 cm³/mol. The van der Waals surface area contributed by atoms with Crippen molar-refractivity contribution >= 4 is 16.7 Å². The summed E-state index contributed by atoms with van der Waals surface area (Å²) in [4.78, 5) is 7.70. The van der Waals surface area contributed by atoms with Crippen molar-refractivity contribution in [2.24, 2.45) is 0 Å². The second-order valence-electron chi connectivity index (χ2n) is 4.95. The third-order valence-electron chi connectivity index (χ3n) is 3.37. The highest BCUT2D eigenvalue weighted by Crippen LogP contribution is 2.19. The quantitative estimate of drug-likeness (QED) is 0.798. The molecule has 2 rings (SSSR count). The van der Waals surface area contributed by atoms with Gasteiger partial charge in [-0.2, -0.15) is 0 Å². The number of nitrogens with zero attached hydrogens (tertiary/aromatic N) is 1. The van der Waals surface area contributed by atoms with Gasteiger partial charge in [-0.05, 0) is 38.0 Å². The van der Waals surface area contributed by atoms with Gasteiger partial charge in [0.25, 0.3) is 0 Å². The molecule has 0 fully saturated rings. The SMILES string of the molecule is CCCCC(CC)Nc1ccc2nc(C)[nH]c2c1. The third-order valence-corrected chi connectivity index (χ3v) is 3.37. The van der Waals surface area contributed by atoms with E-state index in [1.807, 2.05) is 6.92 Å². The molecule has 0 aliphatic heterocycles. The number of hydrogen-bond acceptors (Lipinski definition) is 2. The van der Waals surface area contributed by atoms with E-state index in [0.29, 0.717) is 6.04 Å². The molecule has 1 heterocycles. The van der Waals surface area contributed by atoms with E-state index < -0.39 is 0 Å². The van der Waals surface area contributed by atoms with Crippen LogP contribution in [0.5, 0.6) is 0 Å². The Morgan fingerprint density at radius 3 is 2.89 bits per heavy atom. The molecule has 0 bridgehead atoms. The molecule has 3 nitrogen and oxygen atoms in total. The molecule has 0 saturated carbocycles. The van der Waals surface area contributed by atoms with Crippen LogP contribution in [-0.2, 0) is 0 Å². The number of imidazole rings is 1. The minimum absolute atomic E-state index is 0.575. The summed E-state index contributed by atoms with van der Waals surface area (Å²) in [5, 5.41) is 3.62. The van der Waals surface area contributed by atoms with Crippen LogP contribution in [0.25, 0.3) is 11.0 Å². The van der Waals surface area contributed by atoms with E-state index in [4.69, 9.17) is 0 Å². The molecule has 1 aromatic carbocycles. The largest absolute Gasteiger partial charge is 0.382 e. The molecule has 3 heteroatoms. The number of nitrogens with one attached hydrogen (secondary N) is 2. The first-order chi connectivity index (χ1) is 8.72. The van der Waals surface area contributed by atoms with Crippen LogP contribution in [0.15, 0.2) is 18.2 Å². The Bertz CT molecular complexity index is 501. The van der Waals surface area contributed by atoms with E-state index in [0.717, 1.165) is 16.9 Å². The number of hydrogen-bond donors (Lipinski definition) is 2. The first kappa shape index (κ1) is 12.9. The van der Waals surface area contributed by atoms with Crippen LogP contribution in [0, 0.1) is 6.92 Å². The van der Waals surface area contributed by atoms with Gasteiger partial charge in [-0.1, -0.05) is 26.7 Å². The predicted octanol–water partition coefficient (Wildman–Crippen LogP) is 4.25. The van der Waals surface area contributed by atoms with Crippen LogP contribution in [0.1, 0.15) is 45.4 Å². The van der Waals surface area contributed by atoms with Crippen molar-refractivity contribution in [2.75, 3.05) is 5.32 Å². The molecule has 18 heavy (non-hydrogen) atoms. The van der Waals surface area contributed by atoms with E-state index in [2.05, 4.69) is 47.3 Å². The minimum Gasteiger partial charge on any atom is -0.382 e. The summed E-state index contributed by atoms with van der Waals surface area (Å²) in [7, 11) is 0. The van der Waals surface area contributed by atoms with Gasteiger partial charge in [0.1, 0.15) is 5.82 Å². The molecule has 0 saturated heterocycles. The van der Waals surface area contributed by atoms with Crippen molar-refractivity contribution in [1.29, 1.82) is 0 Å². The molecular weight excluding hydrogens is 222 g/mol. The topological polar surface area (TPSA) is 40.7 Å². The number of H-pyrrole nitrogens is 1.